The van der Waals surface area contributed by atoms with Crippen molar-refractivity contribution in [2.24, 2.45) is 0 Å². The molecule has 2 aliphatic rings. The van der Waals surface area contributed by atoms with Crippen LogP contribution in [0.15, 0.2) is 12.2 Å². The average Bonchev–Trinajstić information content (AvgIpc) is 2.69. The second-order valence-corrected chi connectivity index (χ2v) is 4.74. The molecule has 2 rings (SSSR count). The highest BCUT2D eigenvalue weighted by Gasteiger charge is 2.53. The number of hydrogen-bond acceptors (Lipinski definition) is 5. The van der Waals surface area contributed by atoms with Crippen molar-refractivity contribution in [3.05, 3.63) is 12.2 Å². The number of ether oxygens (including phenoxy) is 3. The predicted molar refractivity (Wildman–Crippen MR) is 58.7 cm³/mol. The standard InChI is InChI=1S/C12H17NO4/c1-12(2)16-10-9(14)8(15-11(10)17-12)6-4-3-5-7-13/h3,5,8-11,14H,4,6H2,1-2H3/b5-3+/t8-,9+,10-,11-/m1/s1. The predicted octanol–water partition coefficient (Wildman–Crippen LogP) is 1.08. The van der Waals surface area contributed by atoms with Crippen LogP contribution in [0.2, 0.25) is 0 Å². The Bertz CT molecular complexity index is 347. The Morgan fingerprint density at radius 3 is 2.82 bits per heavy atom. The first kappa shape index (κ1) is 12.5. The Morgan fingerprint density at radius 1 is 1.41 bits per heavy atom. The Hall–Kier alpha value is -0.930. The van der Waals surface area contributed by atoms with Crippen molar-refractivity contribution in [1.29, 1.82) is 5.26 Å². The summed E-state index contributed by atoms with van der Waals surface area (Å²) in [4.78, 5) is 0. The maximum absolute atomic E-state index is 10.0. The molecular formula is C12H17NO4. The zero-order valence-electron chi connectivity index (χ0n) is 10.00. The molecule has 4 atom stereocenters. The first-order valence-corrected chi connectivity index (χ1v) is 5.77. The van der Waals surface area contributed by atoms with E-state index in [1.54, 1.807) is 19.9 Å². The molecule has 0 aromatic rings. The van der Waals surface area contributed by atoms with Crippen LogP contribution < -0.4 is 0 Å². The number of aliphatic hydroxyl groups excluding tert-OH is 1. The van der Waals surface area contributed by atoms with Crippen LogP contribution in [0.3, 0.4) is 0 Å². The van der Waals surface area contributed by atoms with Crippen molar-refractivity contribution >= 4 is 0 Å². The van der Waals surface area contributed by atoms with Crippen LogP contribution >= 0.6 is 0 Å². The van der Waals surface area contributed by atoms with E-state index in [9.17, 15) is 5.11 Å². The number of rotatable bonds is 3. The van der Waals surface area contributed by atoms with Gasteiger partial charge >= 0.3 is 0 Å². The van der Waals surface area contributed by atoms with E-state index in [4.69, 9.17) is 19.5 Å². The molecule has 0 unspecified atom stereocenters. The fraction of sp³-hybridized carbons (Fsp3) is 0.750. The molecule has 0 spiro atoms. The molecule has 1 N–H and O–H groups in total. The molecule has 0 saturated carbocycles. The molecule has 2 heterocycles. The number of nitriles is 1. The molecule has 2 aliphatic heterocycles. The largest absolute Gasteiger partial charge is 0.387 e. The summed E-state index contributed by atoms with van der Waals surface area (Å²) in [6.07, 6.45) is 2.69. The molecular weight excluding hydrogens is 222 g/mol. The molecule has 0 bridgehead atoms. The monoisotopic (exact) mass is 239 g/mol. The van der Waals surface area contributed by atoms with Crippen molar-refractivity contribution < 1.29 is 19.3 Å². The summed E-state index contributed by atoms with van der Waals surface area (Å²) < 4.78 is 16.7. The van der Waals surface area contributed by atoms with E-state index >= 15 is 0 Å². The fourth-order valence-corrected chi connectivity index (χ4v) is 2.19. The van der Waals surface area contributed by atoms with Gasteiger partial charge in [-0.3, -0.25) is 0 Å². The molecule has 0 aromatic carbocycles. The number of aliphatic hydroxyl groups is 1. The van der Waals surface area contributed by atoms with E-state index < -0.39 is 24.3 Å². The van der Waals surface area contributed by atoms with E-state index in [0.29, 0.717) is 12.8 Å². The summed E-state index contributed by atoms with van der Waals surface area (Å²) in [5.41, 5.74) is 0. The summed E-state index contributed by atoms with van der Waals surface area (Å²) in [6.45, 7) is 3.60. The Balaban J connectivity index is 1.86. The minimum atomic E-state index is -0.692. The van der Waals surface area contributed by atoms with Crippen molar-refractivity contribution in [3.63, 3.8) is 0 Å². The lowest BCUT2D eigenvalue weighted by molar-refractivity contribution is -0.215. The highest BCUT2D eigenvalue weighted by atomic mass is 16.8. The van der Waals surface area contributed by atoms with Crippen molar-refractivity contribution in [2.75, 3.05) is 0 Å². The lowest BCUT2D eigenvalue weighted by Gasteiger charge is -2.22. The van der Waals surface area contributed by atoms with Crippen LogP contribution in [0.25, 0.3) is 0 Å². The number of allylic oxidation sites excluding steroid dienone is 2. The SMILES string of the molecule is CC1(C)O[C@H]2O[C@H](CC/C=C/C#N)[C@H](O)[C@H]2O1. The average molecular weight is 239 g/mol. The second-order valence-electron chi connectivity index (χ2n) is 4.74. The molecule has 0 aliphatic carbocycles. The maximum Gasteiger partial charge on any atom is 0.190 e. The fourth-order valence-electron chi connectivity index (χ4n) is 2.19. The van der Waals surface area contributed by atoms with E-state index in [1.165, 1.54) is 6.08 Å². The smallest absolute Gasteiger partial charge is 0.190 e. The van der Waals surface area contributed by atoms with Crippen LogP contribution in [0, 0.1) is 11.3 Å². The van der Waals surface area contributed by atoms with Crippen molar-refractivity contribution in [2.45, 2.75) is 57.1 Å². The molecule has 0 amide bonds. The highest BCUT2D eigenvalue weighted by molar-refractivity contribution is 5.02. The quantitative estimate of drug-likeness (QED) is 0.746. The normalized spacial score (nSPS) is 39.4. The van der Waals surface area contributed by atoms with Crippen LogP contribution in [-0.2, 0) is 14.2 Å². The van der Waals surface area contributed by atoms with Gasteiger partial charge in [-0.25, -0.2) is 0 Å². The zero-order valence-corrected chi connectivity index (χ0v) is 10.00. The van der Waals surface area contributed by atoms with Crippen molar-refractivity contribution in [3.8, 4) is 6.07 Å². The van der Waals surface area contributed by atoms with E-state index in [0.717, 1.165) is 0 Å². The summed E-state index contributed by atoms with van der Waals surface area (Å²) in [7, 11) is 0. The summed E-state index contributed by atoms with van der Waals surface area (Å²) >= 11 is 0. The molecule has 0 radical (unpaired) electrons. The van der Waals surface area contributed by atoms with Gasteiger partial charge in [0.25, 0.3) is 0 Å². The third-order valence-corrected chi connectivity index (χ3v) is 2.92. The first-order chi connectivity index (χ1) is 8.03. The molecule has 5 nitrogen and oxygen atoms in total. The molecule has 2 saturated heterocycles. The van der Waals surface area contributed by atoms with Gasteiger partial charge in [0.2, 0.25) is 0 Å². The molecule has 2 fully saturated rings. The third-order valence-electron chi connectivity index (χ3n) is 2.92. The summed E-state index contributed by atoms with van der Waals surface area (Å²) in [5, 5.41) is 18.4. The topological polar surface area (TPSA) is 71.7 Å². The summed E-state index contributed by atoms with van der Waals surface area (Å²) in [5.74, 6) is -0.692. The Labute approximate surface area is 101 Å². The molecule has 5 heteroatoms. The second kappa shape index (κ2) is 4.75. The van der Waals surface area contributed by atoms with Gasteiger partial charge < -0.3 is 19.3 Å². The first-order valence-electron chi connectivity index (χ1n) is 5.77. The third kappa shape index (κ3) is 2.67. The van der Waals surface area contributed by atoms with Crippen LogP contribution in [0.5, 0.6) is 0 Å². The van der Waals surface area contributed by atoms with Crippen LogP contribution in [0.4, 0.5) is 0 Å². The number of nitrogens with zero attached hydrogens (tertiary/aromatic N) is 1. The van der Waals surface area contributed by atoms with E-state index in [-0.39, 0.29) is 6.10 Å². The maximum atomic E-state index is 10.0. The van der Waals surface area contributed by atoms with Crippen molar-refractivity contribution in [1.82, 2.24) is 0 Å². The lowest BCUT2D eigenvalue weighted by Crippen LogP contribution is -2.34. The van der Waals surface area contributed by atoms with E-state index in [1.807, 2.05) is 6.07 Å². The Morgan fingerprint density at radius 2 is 2.18 bits per heavy atom. The minimum absolute atomic E-state index is 0.288. The van der Waals surface area contributed by atoms with E-state index in [2.05, 4.69) is 0 Å². The zero-order chi connectivity index (χ0) is 12.5. The number of fused-ring (bicyclic) bond motifs is 1. The minimum Gasteiger partial charge on any atom is -0.387 e. The Kier molecular flexibility index (Phi) is 3.50. The van der Waals surface area contributed by atoms with Gasteiger partial charge in [-0.05, 0) is 26.7 Å². The van der Waals surface area contributed by atoms with Gasteiger partial charge in [-0.15, -0.1) is 0 Å². The molecule has 94 valence electrons. The molecule has 17 heavy (non-hydrogen) atoms. The number of hydrogen-bond donors (Lipinski definition) is 1. The molecule has 0 aromatic heterocycles. The van der Waals surface area contributed by atoms with Crippen LogP contribution in [0.1, 0.15) is 26.7 Å². The van der Waals surface area contributed by atoms with Gasteiger partial charge in [0.15, 0.2) is 12.1 Å². The van der Waals surface area contributed by atoms with Gasteiger partial charge in [-0.2, -0.15) is 5.26 Å². The highest BCUT2D eigenvalue weighted by Crippen LogP contribution is 2.38. The lowest BCUT2D eigenvalue weighted by atomic mass is 10.1. The van der Waals surface area contributed by atoms with Gasteiger partial charge in [0, 0.05) is 6.08 Å². The van der Waals surface area contributed by atoms with Gasteiger partial charge in [0.05, 0.1) is 12.2 Å². The van der Waals surface area contributed by atoms with Gasteiger partial charge in [-0.1, -0.05) is 6.08 Å². The van der Waals surface area contributed by atoms with Gasteiger partial charge in [0.1, 0.15) is 12.2 Å². The summed E-state index contributed by atoms with van der Waals surface area (Å²) in [6, 6.07) is 1.92. The van der Waals surface area contributed by atoms with Crippen LogP contribution in [-0.4, -0.2) is 35.5 Å².